The number of hydrogen-bond acceptors (Lipinski definition) is 1. The van der Waals surface area contributed by atoms with Crippen LogP contribution in [0.1, 0.15) is 5.56 Å². The lowest BCUT2D eigenvalue weighted by atomic mass is 10.2. The van der Waals surface area contributed by atoms with E-state index < -0.39 is 0 Å². The average molecular weight is 229 g/mol. The molecule has 0 aromatic carbocycles. The first-order valence-corrected chi connectivity index (χ1v) is 4.27. The summed E-state index contributed by atoms with van der Waals surface area (Å²) in [5.41, 5.74) is 1.46. The number of halogens is 2. The molecular formula is C8H6BrFN2. The third kappa shape index (κ3) is 0.948. The summed E-state index contributed by atoms with van der Waals surface area (Å²) in [5.74, 6) is -0.253. The fourth-order valence-electron chi connectivity index (χ4n) is 1.19. The van der Waals surface area contributed by atoms with E-state index in [4.69, 9.17) is 0 Å². The number of aryl methyl sites for hydroxylation is 1. The Bertz CT molecular complexity index is 436. The Morgan fingerprint density at radius 2 is 2.33 bits per heavy atom. The Morgan fingerprint density at radius 1 is 1.58 bits per heavy atom. The Morgan fingerprint density at radius 3 is 3.08 bits per heavy atom. The number of fused-ring (bicyclic) bond motifs is 1. The fraction of sp³-hybridized carbons (Fsp3) is 0.125. The minimum absolute atomic E-state index is 0.253. The van der Waals surface area contributed by atoms with Gasteiger partial charge >= 0.3 is 0 Å². The molecule has 2 aromatic rings. The maximum Gasteiger partial charge on any atom is 0.150 e. The van der Waals surface area contributed by atoms with Crippen molar-refractivity contribution in [1.82, 2.24) is 9.97 Å². The largest absolute Gasteiger partial charge is 0.343 e. The standard InChI is InChI=1S/C8H6BrFN2/c1-4-5(9)2-11-8-7(4)6(10)3-12-8/h2-3H,1H3,(H,11,12). The van der Waals surface area contributed by atoms with E-state index in [1.807, 2.05) is 6.92 Å². The van der Waals surface area contributed by atoms with Crippen molar-refractivity contribution in [3.05, 3.63) is 28.2 Å². The number of rotatable bonds is 0. The van der Waals surface area contributed by atoms with Gasteiger partial charge in [-0.2, -0.15) is 0 Å². The highest BCUT2D eigenvalue weighted by atomic mass is 79.9. The lowest BCUT2D eigenvalue weighted by Crippen LogP contribution is -1.83. The highest BCUT2D eigenvalue weighted by molar-refractivity contribution is 9.10. The molecule has 2 nitrogen and oxygen atoms in total. The number of hydrogen-bond donors (Lipinski definition) is 1. The van der Waals surface area contributed by atoms with Crippen LogP contribution in [0.2, 0.25) is 0 Å². The first kappa shape index (κ1) is 7.73. The molecule has 0 fully saturated rings. The number of aromatic amines is 1. The van der Waals surface area contributed by atoms with Crippen LogP contribution >= 0.6 is 15.9 Å². The van der Waals surface area contributed by atoms with Gasteiger partial charge in [0.05, 0.1) is 5.39 Å². The van der Waals surface area contributed by atoms with E-state index in [0.29, 0.717) is 11.0 Å². The molecular weight excluding hydrogens is 223 g/mol. The average Bonchev–Trinajstić information content (AvgIpc) is 2.41. The second-order valence-corrected chi connectivity index (χ2v) is 3.45. The predicted molar refractivity (Wildman–Crippen MR) is 48.5 cm³/mol. The fourth-order valence-corrected chi connectivity index (χ4v) is 1.49. The topological polar surface area (TPSA) is 28.7 Å². The van der Waals surface area contributed by atoms with Gasteiger partial charge in [0, 0.05) is 16.9 Å². The molecule has 0 spiro atoms. The zero-order chi connectivity index (χ0) is 8.72. The Kier molecular flexibility index (Phi) is 1.65. The SMILES string of the molecule is Cc1c(Br)cnc2[nH]cc(F)c12. The van der Waals surface area contributed by atoms with Gasteiger partial charge in [-0.1, -0.05) is 0 Å². The van der Waals surface area contributed by atoms with Crippen LogP contribution in [0.3, 0.4) is 0 Å². The monoisotopic (exact) mass is 228 g/mol. The van der Waals surface area contributed by atoms with E-state index in [0.717, 1.165) is 10.0 Å². The molecule has 0 radical (unpaired) electrons. The van der Waals surface area contributed by atoms with Gasteiger partial charge in [0.2, 0.25) is 0 Å². The number of nitrogens with one attached hydrogen (secondary N) is 1. The molecule has 0 amide bonds. The normalized spacial score (nSPS) is 10.9. The molecule has 0 aliphatic carbocycles. The second kappa shape index (κ2) is 2.55. The minimum atomic E-state index is -0.253. The lowest BCUT2D eigenvalue weighted by molar-refractivity contribution is 0.639. The van der Waals surface area contributed by atoms with Crippen molar-refractivity contribution in [2.45, 2.75) is 6.92 Å². The molecule has 0 unspecified atom stereocenters. The maximum absolute atomic E-state index is 13.1. The van der Waals surface area contributed by atoms with Gasteiger partial charge in [-0.05, 0) is 28.4 Å². The van der Waals surface area contributed by atoms with Gasteiger partial charge in [-0.3, -0.25) is 0 Å². The van der Waals surface area contributed by atoms with Crippen LogP contribution in [0.5, 0.6) is 0 Å². The summed E-state index contributed by atoms with van der Waals surface area (Å²) in [6.45, 7) is 1.85. The molecule has 62 valence electrons. The van der Waals surface area contributed by atoms with Gasteiger partial charge in [0.15, 0.2) is 0 Å². The van der Waals surface area contributed by atoms with Gasteiger partial charge in [-0.15, -0.1) is 0 Å². The first-order chi connectivity index (χ1) is 5.70. The molecule has 0 saturated heterocycles. The highest BCUT2D eigenvalue weighted by Crippen LogP contribution is 2.24. The molecule has 2 aromatic heterocycles. The molecule has 4 heteroatoms. The summed E-state index contributed by atoms with van der Waals surface area (Å²) in [7, 11) is 0. The van der Waals surface area contributed by atoms with Crippen LogP contribution in [0.25, 0.3) is 11.0 Å². The van der Waals surface area contributed by atoms with Crippen molar-refractivity contribution in [3.8, 4) is 0 Å². The van der Waals surface area contributed by atoms with E-state index in [-0.39, 0.29) is 5.82 Å². The molecule has 2 heterocycles. The number of H-pyrrole nitrogens is 1. The summed E-state index contributed by atoms with van der Waals surface area (Å²) >= 11 is 3.29. The Hall–Kier alpha value is -0.900. The summed E-state index contributed by atoms with van der Waals surface area (Å²) in [4.78, 5) is 6.77. The van der Waals surface area contributed by atoms with Crippen molar-refractivity contribution in [3.63, 3.8) is 0 Å². The molecule has 0 saturated carbocycles. The van der Waals surface area contributed by atoms with Gasteiger partial charge in [0.25, 0.3) is 0 Å². The third-order valence-corrected chi connectivity index (χ3v) is 2.65. The smallest absolute Gasteiger partial charge is 0.150 e. The molecule has 2 rings (SSSR count). The van der Waals surface area contributed by atoms with E-state index in [9.17, 15) is 4.39 Å². The summed E-state index contributed by atoms with van der Waals surface area (Å²) < 4.78 is 13.9. The molecule has 0 aliphatic heterocycles. The van der Waals surface area contributed by atoms with Crippen molar-refractivity contribution in [2.24, 2.45) is 0 Å². The van der Waals surface area contributed by atoms with E-state index in [1.165, 1.54) is 6.20 Å². The van der Waals surface area contributed by atoms with Gasteiger partial charge in [0.1, 0.15) is 11.5 Å². The predicted octanol–water partition coefficient (Wildman–Crippen LogP) is 2.77. The van der Waals surface area contributed by atoms with E-state index >= 15 is 0 Å². The Balaban J connectivity index is 2.96. The van der Waals surface area contributed by atoms with Crippen LogP contribution in [-0.2, 0) is 0 Å². The molecule has 12 heavy (non-hydrogen) atoms. The third-order valence-electron chi connectivity index (χ3n) is 1.85. The molecule has 0 bridgehead atoms. The van der Waals surface area contributed by atoms with Crippen LogP contribution in [0, 0.1) is 12.7 Å². The number of aromatic nitrogens is 2. The van der Waals surface area contributed by atoms with Crippen LogP contribution < -0.4 is 0 Å². The molecule has 0 atom stereocenters. The van der Waals surface area contributed by atoms with Crippen LogP contribution in [-0.4, -0.2) is 9.97 Å². The van der Waals surface area contributed by atoms with Crippen molar-refractivity contribution >= 4 is 27.0 Å². The second-order valence-electron chi connectivity index (χ2n) is 2.59. The zero-order valence-electron chi connectivity index (χ0n) is 6.36. The zero-order valence-corrected chi connectivity index (χ0v) is 7.94. The highest BCUT2D eigenvalue weighted by Gasteiger charge is 2.08. The molecule has 1 N–H and O–H groups in total. The number of pyridine rings is 1. The van der Waals surface area contributed by atoms with Gasteiger partial charge < -0.3 is 4.98 Å². The van der Waals surface area contributed by atoms with Crippen molar-refractivity contribution < 1.29 is 4.39 Å². The lowest BCUT2D eigenvalue weighted by Gasteiger charge is -1.97. The number of nitrogens with zero attached hydrogens (tertiary/aromatic N) is 1. The van der Waals surface area contributed by atoms with Crippen LogP contribution in [0.4, 0.5) is 4.39 Å². The summed E-state index contributed by atoms with van der Waals surface area (Å²) in [5, 5.41) is 0.560. The maximum atomic E-state index is 13.1. The first-order valence-electron chi connectivity index (χ1n) is 3.48. The minimum Gasteiger partial charge on any atom is -0.343 e. The van der Waals surface area contributed by atoms with Crippen molar-refractivity contribution in [1.29, 1.82) is 0 Å². The van der Waals surface area contributed by atoms with Crippen LogP contribution in [0.15, 0.2) is 16.9 Å². The quantitative estimate of drug-likeness (QED) is 0.739. The summed E-state index contributed by atoms with van der Waals surface area (Å²) in [6.07, 6.45) is 2.98. The van der Waals surface area contributed by atoms with E-state index in [2.05, 4.69) is 25.9 Å². The van der Waals surface area contributed by atoms with Crippen molar-refractivity contribution in [2.75, 3.05) is 0 Å². The summed E-state index contributed by atoms with van der Waals surface area (Å²) in [6, 6.07) is 0. The van der Waals surface area contributed by atoms with Gasteiger partial charge in [-0.25, -0.2) is 9.37 Å². The van der Waals surface area contributed by atoms with E-state index in [1.54, 1.807) is 6.20 Å². The Labute approximate surface area is 76.9 Å². The molecule has 0 aliphatic rings.